The summed E-state index contributed by atoms with van der Waals surface area (Å²) in [6, 6.07) is 10.0. The third kappa shape index (κ3) is 3.80. The summed E-state index contributed by atoms with van der Waals surface area (Å²) >= 11 is 0. The molecule has 0 fully saturated rings. The van der Waals surface area contributed by atoms with Crippen molar-refractivity contribution in [2.45, 2.75) is 20.4 Å². The number of aromatic nitrogens is 1. The van der Waals surface area contributed by atoms with Gasteiger partial charge in [0.25, 0.3) is 0 Å². The lowest BCUT2D eigenvalue weighted by Crippen LogP contribution is -2.24. The van der Waals surface area contributed by atoms with Gasteiger partial charge < -0.3 is 4.42 Å². The normalized spacial score (nSPS) is 10.9. The monoisotopic (exact) mass is 256 g/mol. The fourth-order valence-corrected chi connectivity index (χ4v) is 1.97. The van der Waals surface area contributed by atoms with Gasteiger partial charge in [0.05, 0.1) is 12.7 Å². The number of rotatable bonds is 6. The highest BCUT2D eigenvalue weighted by atomic mass is 16.4. The highest BCUT2D eigenvalue weighted by molar-refractivity contribution is 5.55. The summed E-state index contributed by atoms with van der Waals surface area (Å²) in [4.78, 5) is 6.60. The highest BCUT2D eigenvalue weighted by Gasteiger charge is 2.10. The van der Waals surface area contributed by atoms with E-state index in [2.05, 4.69) is 23.4 Å². The van der Waals surface area contributed by atoms with Crippen molar-refractivity contribution >= 4 is 0 Å². The molecule has 2 aromatic rings. The van der Waals surface area contributed by atoms with Gasteiger partial charge in [-0.05, 0) is 13.5 Å². The minimum Gasteiger partial charge on any atom is -0.439 e. The lowest BCUT2D eigenvalue weighted by atomic mass is 10.2. The summed E-state index contributed by atoms with van der Waals surface area (Å²) in [5.74, 6) is 1.57. The van der Waals surface area contributed by atoms with Crippen LogP contribution in [0.4, 0.5) is 0 Å². The summed E-state index contributed by atoms with van der Waals surface area (Å²) in [6.45, 7) is 10.7. The molecule has 0 N–H and O–H groups in total. The number of hydrogen-bond donors (Lipinski definition) is 0. The van der Waals surface area contributed by atoms with E-state index in [1.807, 2.05) is 37.3 Å². The molecule has 0 saturated heterocycles. The second-order valence-corrected chi connectivity index (χ2v) is 4.74. The van der Waals surface area contributed by atoms with Crippen LogP contribution < -0.4 is 0 Å². The third-order valence-electron chi connectivity index (χ3n) is 2.91. The Morgan fingerprint density at radius 2 is 2.05 bits per heavy atom. The first-order valence-electron chi connectivity index (χ1n) is 6.56. The molecule has 0 aliphatic heterocycles. The molecule has 2 rings (SSSR count). The van der Waals surface area contributed by atoms with Gasteiger partial charge in [-0.2, -0.15) is 0 Å². The van der Waals surface area contributed by atoms with E-state index in [0.29, 0.717) is 0 Å². The number of oxazole rings is 1. The van der Waals surface area contributed by atoms with Crippen LogP contribution >= 0.6 is 0 Å². The molecule has 1 aromatic heterocycles. The molecule has 0 aliphatic carbocycles. The van der Waals surface area contributed by atoms with Crippen molar-refractivity contribution in [2.75, 3.05) is 13.1 Å². The SMILES string of the molecule is C=C(C)CN(CC)Cc1ncc(-c2ccccc2)o1. The maximum absolute atomic E-state index is 5.80. The van der Waals surface area contributed by atoms with E-state index in [9.17, 15) is 0 Å². The van der Waals surface area contributed by atoms with E-state index in [1.54, 1.807) is 6.20 Å². The second-order valence-electron chi connectivity index (χ2n) is 4.74. The van der Waals surface area contributed by atoms with Crippen molar-refractivity contribution in [3.05, 3.63) is 54.6 Å². The van der Waals surface area contributed by atoms with E-state index in [0.717, 1.165) is 42.4 Å². The first-order chi connectivity index (χ1) is 9.19. The van der Waals surface area contributed by atoms with Crippen LogP contribution in [-0.4, -0.2) is 23.0 Å². The molecule has 19 heavy (non-hydrogen) atoms. The van der Waals surface area contributed by atoms with Gasteiger partial charge in [0, 0.05) is 12.1 Å². The van der Waals surface area contributed by atoms with Gasteiger partial charge in [0.15, 0.2) is 5.76 Å². The average molecular weight is 256 g/mol. The topological polar surface area (TPSA) is 29.3 Å². The van der Waals surface area contributed by atoms with E-state index in [4.69, 9.17) is 4.42 Å². The summed E-state index contributed by atoms with van der Waals surface area (Å²) in [6.07, 6.45) is 1.79. The molecule has 0 aliphatic rings. The average Bonchev–Trinajstić information content (AvgIpc) is 2.87. The lowest BCUT2D eigenvalue weighted by Gasteiger charge is -2.18. The van der Waals surface area contributed by atoms with Crippen LogP contribution in [0, 0.1) is 0 Å². The van der Waals surface area contributed by atoms with Crippen molar-refractivity contribution in [1.29, 1.82) is 0 Å². The molecule has 3 heteroatoms. The molecule has 1 heterocycles. The second kappa shape index (κ2) is 6.34. The van der Waals surface area contributed by atoms with Gasteiger partial charge in [-0.15, -0.1) is 0 Å². The van der Waals surface area contributed by atoms with Crippen LogP contribution in [0.1, 0.15) is 19.7 Å². The van der Waals surface area contributed by atoms with Crippen LogP contribution in [0.15, 0.2) is 53.1 Å². The Balaban J connectivity index is 2.07. The fourth-order valence-electron chi connectivity index (χ4n) is 1.97. The predicted molar refractivity (Wildman–Crippen MR) is 77.7 cm³/mol. The molecule has 3 nitrogen and oxygen atoms in total. The quantitative estimate of drug-likeness (QED) is 0.737. The molecule has 0 bridgehead atoms. The van der Waals surface area contributed by atoms with Gasteiger partial charge >= 0.3 is 0 Å². The zero-order chi connectivity index (χ0) is 13.7. The fraction of sp³-hybridized carbons (Fsp3) is 0.312. The molecule has 0 spiro atoms. The molecule has 100 valence electrons. The molecule has 1 aromatic carbocycles. The highest BCUT2D eigenvalue weighted by Crippen LogP contribution is 2.20. The van der Waals surface area contributed by atoms with Crippen LogP contribution in [-0.2, 0) is 6.54 Å². The van der Waals surface area contributed by atoms with Gasteiger partial charge in [0.1, 0.15) is 0 Å². The first kappa shape index (κ1) is 13.6. The zero-order valence-electron chi connectivity index (χ0n) is 11.6. The molecule has 0 atom stereocenters. The van der Waals surface area contributed by atoms with Crippen molar-refractivity contribution in [3.63, 3.8) is 0 Å². The summed E-state index contributed by atoms with van der Waals surface area (Å²) in [5.41, 5.74) is 2.21. The third-order valence-corrected chi connectivity index (χ3v) is 2.91. The first-order valence-corrected chi connectivity index (χ1v) is 6.56. The van der Waals surface area contributed by atoms with E-state index in [1.165, 1.54) is 0 Å². The Hall–Kier alpha value is -1.87. The molecule has 0 saturated carbocycles. The Kier molecular flexibility index (Phi) is 4.53. The molecular weight excluding hydrogens is 236 g/mol. The molecule has 0 radical (unpaired) electrons. The number of hydrogen-bond acceptors (Lipinski definition) is 3. The standard InChI is InChI=1S/C16H20N2O/c1-4-18(11-13(2)3)12-16-17-10-15(19-16)14-8-6-5-7-9-14/h5-10H,2,4,11-12H2,1,3H3. The van der Waals surface area contributed by atoms with Crippen LogP contribution in [0.25, 0.3) is 11.3 Å². The minimum absolute atomic E-state index is 0.718. The zero-order valence-corrected chi connectivity index (χ0v) is 11.6. The predicted octanol–water partition coefficient (Wildman–Crippen LogP) is 3.74. The Bertz CT molecular complexity index is 531. The maximum atomic E-state index is 5.80. The smallest absolute Gasteiger partial charge is 0.209 e. The van der Waals surface area contributed by atoms with Gasteiger partial charge in [-0.3, -0.25) is 4.90 Å². The minimum atomic E-state index is 0.718. The van der Waals surface area contributed by atoms with Crippen LogP contribution in [0.2, 0.25) is 0 Å². The van der Waals surface area contributed by atoms with E-state index in [-0.39, 0.29) is 0 Å². The van der Waals surface area contributed by atoms with Crippen molar-refractivity contribution in [3.8, 4) is 11.3 Å². The van der Waals surface area contributed by atoms with Crippen molar-refractivity contribution in [1.82, 2.24) is 9.88 Å². The number of benzene rings is 1. The molecular formula is C16H20N2O. The Morgan fingerprint density at radius 1 is 1.32 bits per heavy atom. The summed E-state index contributed by atoms with van der Waals surface area (Å²) < 4.78 is 5.80. The summed E-state index contributed by atoms with van der Waals surface area (Å²) in [7, 11) is 0. The Morgan fingerprint density at radius 3 is 2.68 bits per heavy atom. The number of likely N-dealkylation sites (N-methyl/N-ethyl adjacent to an activating group) is 1. The van der Waals surface area contributed by atoms with Crippen LogP contribution in [0.5, 0.6) is 0 Å². The molecule has 0 unspecified atom stereocenters. The van der Waals surface area contributed by atoms with E-state index >= 15 is 0 Å². The van der Waals surface area contributed by atoms with Gasteiger partial charge in [-0.25, -0.2) is 4.98 Å². The number of nitrogens with zero attached hydrogens (tertiary/aromatic N) is 2. The van der Waals surface area contributed by atoms with Crippen molar-refractivity contribution < 1.29 is 4.42 Å². The molecule has 0 amide bonds. The van der Waals surface area contributed by atoms with Gasteiger partial charge in [-0.1, -0.05) is 49.4 Å². The summed E-state index contributed by atoms with van der Waals surface area (Å²) in [5, 5.41) is 0. The van der Waals surface area contributed by atoms with E-state index < -0.39 is 0 Å². The largest absolute Gasteiger partial charge is 0.439 e. The van der Waals surface area contributed by atoms with Crippen LogP contribution in [0.3, 0.4) is 0 Å². The van der Waals surface area contributed by atoms with Gasteiger partial charge in [0.2, 0.25) is 5.89 Å². The van der Waals surface area contributed by atoms with Crippen molar-refractivity contribution in [2.24, 2.45) is 0 Å². The Labute approximate surface area is 114 Å². The lowest BCUT2D eigenvalue weighted by molar-refractivity contribution is 0.271. The maximum Gasteiger partial charge on any atom is 0.209 e.